The van der Waals surface area contributed by atoms with Crippen LogP contribution in [-0.4, -0.2) is 33.8 Å². The molecule has 0 unspecified atom stereocenters. The highest BCUT2D eigenvalue weighted by atomic mass is 16.6. The number of hydrogen-bond donors (Lipinski definition) is 3. The van der Waals surface area contributed by atoms with Crippen LogP contribution in [0.2, 0.25) is 0 Å². The van der Waals surface area contributed by atoms with E-state index in [4.69, 9.17) is 9.84 Å². The van der Waals surface area contributed by atoms with Crippen molar-refractivity contribution in [3.63, 3.8) is 0 Å². The monoisotopic (exact) mass is 328 g/mol. The summed E-state index contributed by atoms with van der Waals surface area (Å²) < 4.78 is 5.21. The van der Waals surface area contributed by atoms with Crippen LogP contribution < -0.4 is 5.32 Å². The first-order valence-corrected chi connectivity index (χ1v) is 7.53. The molecule has 2 rings (SSSR count). The Bertz CT molecular complexity index is 806. The van der Waals surface area contributed by atoms with Crippen molar-refractivity contribution >= 4 is 23.0 Å². The molecule has 6 heteroatoms. The number of benzene rings is 1. The molecule has 0 spiro atoms. The van der Waals surface area contributed by atoms with Crippen molar-refractivity contribution in [1.29, 1.82) is 0 Å². The molecule has 2 aromatic rings. The van der Waals surface area contributed by atoms with Crippen LogP contribution in [0.5, 0.6) is 0 Å². The van der Waals surface area contributed by atoms with Crippen molar-refractivity contribution in [1.82, 2.24) is 10.3 Å². The van der Waals surface area contributed by atoms with E-state index in [9.17, 15) is 9.59 Å². The average Bonchev–Trinajstić information content (AvgIpc) is 2.86. The maximum Gasteiger partial charge on any atom is 0.408 e. The molecule has 0 bridgehead atoms. The summed E-state index contributed by atoms with van der Waals surface area (Å²) in [4.78, 5) is 25.8. The van der Waals surface area contributed by atoms with E-state index in [1.54, 1.807) is 20.8 Å². The summed E-state index contributed by atoms with van der Waals surface area (Å²) >= 11 is 0. The number of aromatic nitrogens is 1. The molecule has 24 heavy (non-hydrogen) atoms. The fraction of sp³-hybridized carbons (Fsp3) is 0.333. The van der Waals surface area contributed by atoms with Gasteiger partial charge >= 0.3 is 12.1 Å². The van der Waals surface area contributed by atoms with E-state index >= 15 is 0 Å². The van der Waals surface area contributed by atoms with Crippen molar-refractivity contribution in [2.45, 2.75) is 38.8 Å². The third kappa shape index (κ3) is 5.06. The number of aromatic amines is 1. The lowest BCUT2D eigenvalue weighted by Crippen LogP contribution is -2.39. The number of ether oxygens (including phenoxy) is 1. The number of carbonyl (C=O) groups excluding carboxylic acids is 1. The van der Waals surface area contributed by atoms with Crippen LogP contribution in [0.4, 0.5) is 4.79 Å². The maximum atomic E-state index is 11.9. The van der Waals surface area contributed by atoms with Gasteiger partial charge < -0.3 is 20.1 Å². The Morgan fingerprint density at radius 1 is 1.33 bits per heavy atom. The van der Waals surface area contributed by atoms with Crippen LogP contribution in [0, 0.1) is 11.8 Å². The summed E-state index contributed by atoms with van der Waals surface area (Å²) in [6.45, 7) is 5.26. The average molecular weight is 328 g/mol. The number of H-pyrrole nitrogens is 1. The second kappa shape index (κ2) is 7.09. The topological polar surface area (TPSA) is 91.4 Å². The molecule has 1 amide bonds. The van der Waals surface area contributed by atoms with Crippen molar-refractivity contribution < 1.29 is 19.4 Å². The van der Waals surface area contributed by atoms with Gasteiger partial charge in [0.15, 0.2) is 0 Å². The zero-order valence-electron chi connectivity index (χ0n) is 13.8. The highest BCUT2D eigenvalue weighted by Gasteiger charge is 2.19. The number of carboxylic acids is 1. The Kier molecular flexibility index (Phi) is 5.14. The third-order valence-corrected chi connectivity index (χ3v) is 3.14. The number of fused-ring (bicyclic) bond motifs is 1. The van der Waals surface area contributed by atoms with Gasteiger partial charge in [-0.25, -0.2) is 9.59 Å². The molecule has 0 aliphatic carbocycles. The van der Waals surface area contributed by atoms with E-state index in [1.807, 2.05) is 30.5 Å². The Morgan fingerprint density at radius 2 is 2.04 bits per heavy atom. The van der Waals surface area contributed by atoms with E-state index in [-0.39, 0.29) is 0 Å². The Labute approximate surface area is 140 Å². The molecule has 0 radical (unpaired) electrons. The van der Waals surface area contributed by atoms with Crippen LogP contribution in [-0.2, 0) is 16.0 Å². The normalized spacial score (nSPS) is 12.1. The number of hydrogen-bond acceptors (Lipinski definition) is 3. The van der Waals surface area contributed by atoms with Crippen LogP contribution >= 0.6 is 0 Å². The number of rotatable bonds is 3. The van der Waals surface area contributed by atoms with E-state index in [0.717, 1.165) is 16.5 Å². The molecule has 0 saturated carbocycles. The minimum Gasteiger partial charge on any atom is -0.472 e. The fourth-order valence-electron chi connectivity index (χ4n) is 2.26. The third-order valence-electron chi connectivity index (χ3n) is 3.14. The second-order valence-corrected chi connectivity index (χ2v) is 6.34. The molecule has 1 aromatic carbocycles. The predicted octanol–water partition coefficient (Wildman–Crippen LogP) is 2.69. The van der Waals surface area contributed by atoms with Crippen LogP contribution in [0.25, 0.3) is 10.9 Å². The Hall–Kier alpha value is -2.94. The summed E-state index contributed by atoms with van der Waals surface area (Å²) in [5.41, 5.74) is 1.26. The van der Waals surface area contributed by atoms with Gasteiger partial charge in [-0.15, -0.1) is 0 Å². The molecule has 0 fully saturated rings. The molecule has 6 nitrogen and oxygen atoms in total. The highest BCUT2D eigenvalue weighted by molar-refractivity contribution is 5.87. The van der Waals surface area contributed by atoms with Gasteiger partial charge in [-0.05, 0) is 32.4 Å². The molecule has 1 atom stereocenters. The molecule has 0 aliphatic heterocycles. The first-order valence-electron chi connectivity index (χ1n) is 7.53. The second-order valence-electron chi connectivity index (χ2n) is 6.34. The van der Waals surface area contributed by atoms with Gasteiger partial charge in [-0.2, -0.15) is 0 Å². The standard InChI is InChI=1S/C18H20N2O4/c1-18(2,3)24-17(23)20-13(8-9-16(21)22)10-12-11-19-15-7-5-4-6-14(12)15/h4-7,11,13,19H,10H2,1-3H3,(H,20,23)(H,21,22)/t13-/m1/s1. The molecule has 1 aromatic heterocycles. The minimum absolute atomic E-state index is 0.365. The molecular formula is C18H20N2O4. The molecule has 0 saturated heterocycles. The van der Waals surface area contributed by atoms with Gasteiger partial charge in [-0.1, -0.05) is 24.1 Å². The van der Waals surface area contributed by atoms with Gasteiger partial charge in [0.05, 0.1) is 6.04 Å². The minimum atomic E-state index is -1.25. The van der Waals surface area contributed by atoms with Gasteiger partial charge in [0, 0.05) is 29.4 Å². The summed E-state index contributed by atoms with van der Waals surface area (Å²) in [5, 5.41) is 12.4. The van der Waals surface area contributed by atoms with Crippen molar-refractivity contribution in [2.24, 2.45) is 0 Å². The highest BCUT2D eigenvalue weighted by Crippen LogP contribution is 2.19. The summed E-state index contributed by atoms with van der Waals surface area (Å²) in [6.07, 6.45) is 1.56. The molecule has 126 valence electrons. The molecule has 0 aliphatic rings. The van der Waals surface area contributed by atoms with E-state index < -0.39 is 23.7 Å². The fourth-order valence-corrected chi connectivity index (χ4v) is 2.26. The van der Waals surface area contributed by atoms with Crippen LogP contribution in [0.15, 0.2) is 30.5 Å². The quantitative estimate of drug-likeness (QED) is 0.756. The van der Waals surface area contributed by atoms with Gasteiger partial charge in [-0.3, -0.25) is 0 Å². The molecule has 3 N–H and O–H groups in total. The lowest BCUT2D eigenvalue weighted by molar-refractivity contribution is -0.130. The van der Waals surface area contributed by atoms with Crippen molar-refractivity contribution in [3.05, 3.63) is 36.0 Å². The summed E-state index contributed by atoms with van der Waals surface area (Å²) in [5.74, 6) is 3.38. The molecule has 1 heterocycles. The first-order chi connectivity index (χ1) is 11.2. The van der Waals surface area contributed by atoms with Gasteiger partial charge in [0.2, 0.25) is 0 Å². The largest absolute Gasteiger partial charge is 0.472 e. The smallest absolute Gasteiger partial charge is 0.408 e. The number of nitrogens with one attached hydrogen (secondary N) is 2. The number of aliphatic carboxylic acids is 1. The molecular weight excluding hydrogens is 308 g/mol. The number of alkyl carbamates (subject to hydrolysis) is 1. The Morgan fingerprint density at radius 3 is 2.71 bits per heavy atom. The number of carbonyl (C=O) groups is 2. The zero-order chi connectivity index (χ0) is 17.7. The van der Waals surface area contributed by atoms with Crippen molar-refractivity contribution in [3.8, 4) is 11.8 Å². The number of para-hydroxylation sites is 1. The van der Waals surface area contributed by atoms with E-state index in [0.29, 0.717) is 6.42 Å². The lowest BCUT2D eigenvalue weighted by Gasteiger charge is -2.21. The summed E-state index contributed by atoms with van der Waals surface area (Å²) in [7, 11) is 0. The Balaban J connectivity index is 2.19. The van der Waals surface area contributed by atoms with Crippen molar-refractivity contribution in [2.75, 3.05) is 0 Å². The SMILES string of the molecule is CC(C)(C)OC(=O)N[C@H](C#CC(=O)O)Cc1c[nH]c2ccccc12. The van der Waals surface area contributed by atoms with E-state index in [1.165, 1.54) is 0 Å². The summed E-state index contributed by atoms with van der Waals surface area (Å²) in [6, 6.07) is 7.06. The maximum absolute atomic E-state index is 11.9. The zero-order valence-corrected chi connectivity index (χ0v) is 13.8. The van der Waals surface area contributed by atoms with E-state index in [2.05, 4.69) is 22.1 Å². The van der Waals surface area contributed by atoms with Crippen LogP contribution in [0.3, 0.4) is 0 Å². The van der Waals surface area contributed by atoms with Crippen LogP contribution in [0.1, 0.15) is 26.3 Å². The lowest BCUT2D eigenvalue weighted by atomic mass is 10.1. The van der Waals surface area contributed by atoms with Gasteiger partial charge in [0.1, 0.15) is 5.60 Å². The number of carboxylic acid groups (broad SMARTS) is 1. The number of amides is 1. The predicted molar refractivity (Wildman–Crippen MR) is 90.6 cm³/mol. The van der Waals surface area contributed by atoms with Gasteiger partial charge in [0.25, 0.3) is 0 Å². The first kappa shape index (κ1) is 17.4.